The Morgan fingerprint density at radius 3 is 3.23 bits per heavy atom. The van der Waals surface area contributed by atoms with Gasteiger partial charge in [-0.2, -0.15) is 0 Å². The minimum absolute atomic E-state index is 0.285. The van der Waals surface area contributed by atoms with Crippen LogP contribution in [0.4, 0.5) is 0 Å². The lowest BCUT2D eigenvalue weighted by atomic mass is 10.5. The molecule has 0 fully saturated rings. The van der Waals surface area contributed by atoms with Crippen molar-refractivity contribution in [1.29, 1.82) is 0 Å². The van der Waals surface area contributed by atoms with Gasteiger partial charge in [-0.3, -0.25) is 0 Å². The van der Waals surface area contributed by atoms with Crippen LogP contribution in [0, 0.1) is 11.8 Å². The van der Waals surface area contributed by atoms with Crippen molar-refractivity contribution in [3.63, 3.8) is 0 Å². The van der Waals surface area contributed by atoms with Crippen LogP contribution in [0.5, 0.6) is 0 Å². The van der Waals surface area contributed by atoms with Crippen molar-refractivity contribution in [2.75, 3.05) is 13.7 Å². The molecule has 0 unspecified atom stereocenters. The maximum atomic E-state index is 11.0. The fourth-order valence-electron chi connectivity index (χ4n) is 0.654. The summed E-state index contributed by atoms with van der Waals surface area (Å²) < 4.78 is 4.51. The summed E-state index contributed by atoms with van der Waals surface area (Å²) in [5.41, 5.74) is 5.18. The Bertz CT molecular complexity index is 362. The van der Waals surface area contributed by atoms with Gasteiger partial charge in [-0.05, 0) is 5.92 Å². The summed E-state index contributed by atoms with van der Waals surface area (Å²) in [6.45, 7) is 0.285. The largest absolute Gasteiger partial charge is 0.465 e. The zero-order valence-electron chi connectivity index (χ0n) is 7.03. The molecule has 0 bridgehead atoms. The van der Waals surface area contributed by atoms with Crippen LogP contribution in [0.15, 0.2) is 6.20 Å². The van der Waals surface area contributed by atoms with Gasteiger partial charge in [0, 0.05) is 0 Å². The Morgan fingerprint density at radius 2 is 2.62 bits per heavy atom. The first kappa shape index (κ1) is 9.71. The van der Waals surface area contributed by atoms with Crippen molar-refractivity contribution in [1.82, 2.24) is 4.98 Å². The summed E-state index contributed by atoms with van der Waals surface area (Å²) in [7, 11) is 1.33. The third-order valence-corrected chi connectivity index (χ3v) is 2.08. The summed E-state index contributed by atoms with van der Waals surface area (Å²) in [4.78, 5) is 15.3. The molecule has 68 valence electrons. The number of aromatic nitrogens is 1. The van der Waals surface area contributed by atoms with Crippen LogP contribution >= 0.6 is 11.3 Å². The van der Waals surface area contributed by atoms with Gasteiger partial charge in [0.1, 0.15) is 4.88 Å². The van der Waals surface area contributed by atoms with E-state index in [0.717, 1.165) is 0 Å². The van der Waals surface area contributed by atoms with E-state index in [1.54, 1.807) is 0 Å². The number of rotatable bonds is 1. The second kappa shape index (κ2) is 4.60. The van der Waals surface area contributed by atoms with Crippen molar-refractivity contribution in [2.24, 2.45) is 5.73 Å². The summed E-state index contributed by atoms with van der Waals surface area (Å²) >= 11 is 1.19. The van der Waals surface area contributed by atoms with E-state index >= 15 is 0 Å². The average molecular weight is 196 g/mol. The summed E-state index contributed by atoms with van der Waals surface area (Å²) in [5, 5.41) is 0.575. The Morgan fingerprint density at radius 1 is 1.85 bits per heavy atom. The number of thiazole rings is 1. The molecule has 13 heavy (non-hydrogen) atoms. The number of hydrogen-bond acceptors (Lipinski definition) is 5. The first-order valence-electron chi connectivity index (χ1n) is 3.51. The van der Waals surface area contributed by atoms with Gasteiger partial charge in [0.25, 0.3) is 0 Å². The maximum absolute atomic E-state index is 11.0. The highest BCUT2D eigenvalue weighted by molar-refractivity contribution is 7.14. The first-order valence-corrected chi connectivity index (χ1v) is 4.32. The van der Waals surface area contributed by atoms with E-state index in [-0.39, 0.29) is 6.54 Å². The number of nitrogens with two attached hydrogens (primary N) is 1. The number of methoxy groups -OCH3 is 1. The molecular formula is C8H8N2O2S. The number of hydrogen-bond donors (Lipinski definition) is 1. The third kappa shape index (κ3) is 2.54. The fraction of sp³-hybridized carbons (Fsp3) is 0.250. The van der Waals surface area contributed by atoms with Crippen molar-refractivity contribution < 1.29 is 9.53 Å². The number of nitrogens with zero attached hydrogens (tertiary/aromatic N) is 1. The van der Waals surface area contributed by atoms with Gasteiger partial charge in [-0.15, -0.1) is 0 Å². The topological polar surface area (TPSA) is 65.2 Å². The van der Waals surface area contributed by atoms with E-state index in [2.05, 4.69) is 21.6 Å². The van der Waals surface area contributed by atoms with Crippen LogP contribution < -0.4 is 5.73 Å². The average Bonchev–Trinajstić information content (AvgIpc) is 2.62. The molecule has 1 heterocycles. The highest BCUT2D eigenvalue weighted by Crippen LogP contribution is 2.12. The summed E-state index contributed by atoms with van der Waals surface area (Å²) in [6.07, 6.45) is 1.44. The van der Waals surface area contributed by atoms with E-state index in [4.69, 9.17) is 5.73 Å². The van der Waals surface area contributed by atoms with Crippen LogP contribution in [-0.2, 0) is 4.74 Å². The molecule has 0 aromatic carbocycles. The van der Waals surface area contributed by atoms with Gasteiger partial charge in [0.15, 0.2) is 5.01 Å². The van der Waals surface area contributed by atoms with Crippen LogP contribution in [-0.4, -0.2) is 24.6 Å². The van der Waals surface area contributed by atoms with E-state index in [0.29, 0.717) is 9.88 Å². The number of carbonyl (C=O) groups is 1. The second-order valence-corrected chi connectivity index (χ2v) is 3.06. The SMILES string of the molecule is COC(=O)c1cnc(C#CCN)s1. The maximum Gasteiger partial charge on any atom is 0.349 e. The lowest BCUT2D eigenvalue weighted by Crippen LogP contribution is -1.96. The van der Waals surface area contributed by atoms with Crippen molar-refractivity contribution in [3.05, 3.63) is 16.1 Å². The molecule has 2 N–H and O–H groups in total. The van der Waals surface area contributed by atoms with Crippen molar-refractivity contribution in [3.8, 4) is 11.8 Å². The number of ether oxygens (including phenoxy) is 1. The molecular weight excluding hydrogens is 188 g/mol. The molecule has 0 radical (unpaired) electrons. The van der Waals surface area contributed by atoms with Crippen molar-refractivity contribution >= 4 is 17.3 Å². The molecule has 0 saturated carbocycles. The van der Waals surface area contributed by atoms with E-state index < -0.39 is 5.97 Å². The van der Waals surface area contributed by atoms with E-state index in [1.807, 2.05) is 0 Å². The van der Waals surface area contributed by atoms with E-state index in [1.165, 1.54) is 24.6 Å². The number of esters is 1. The molecule has 0 aliphatic carbocycles. The predicted molar refractivity (Wildman–Crippen MR) is 49.4 cm³/mol. The van der Waals surface area contributed by atoms with Gasteiger partial charge in [-0.1, -0.05) is 17.3 Å². The molecule has 0 spiro atoms. The molecule has 0 saturated heterocycles. The molecule has 5 heteroatoms. The Balaban J connectivity index is 2.80. The normalized spacial score (nSPS) is 8.77. The standard InChI is InChI=1S/C8H8N2O2S/c1-12-8(11)6-5-10-7(13-6)3-2-4-9/h5H,4,9H2,1H3. The smallest absolute Gasteiger partial charge is 0.349 e. The zero-order chi connectivity index (χ0) is 9.68. The van der Waals surface area contributed by atoms with Crippen LogP contribution in [0.3, 0.4) is 0 Å². The molecule has 0 atom stereocenters. The van der Waals surface area contributed by atoms with Gasteiger partial charge in [-0.25, -0.2) is 9.78 Å². The minimum atomic E-state index is -0.390. The molecule has 1 aromatic rings. The van der Waals surface area contributed by atoms with E-state index in [9.17, 15) is 4.79 Å². The van der Waals surface area contributed by atoms with Crippen LogP contribution in [0.25, 0.3) is 0 Å². The highest BCUT2D eigenvalue weighted by Gasteiger charge is 2.08. The molecule has 1 rings (SSSR count). The highest BCUT2D eigenvalue weighted by atomic mass is 32.1. The number of carbonyl (C=O) groups excluding carboxylic acids is 1. The Hall–Kier alpha value is -1.38. The quantitative estimate of drug-likeness (QED) is 0.516. The first-order chi connectivity index (χ1) is 6.27. The van der Waals surface area contributed by atoms with Gasteiger partial charge in [0.05, 0.1) is 19.9 Å². The Kier molecular flexibility index (Phi) is 3.43. The lowest BCUT2D eigenvalue weighted by Gasteiger charge is -1.89. The zero-order valence-corrected chi connectivity index (χ0v) is 7.85. The third-order valence-electron chi connectivity index (χ3n) is 1.19. The van der Waals surface area contributed by atoms with Crippen LogP contribution in [0.1, 0.15) is 14.7 Å². The van der Waals surface area contributed by atoms with Gasteiger partial charge < -0.3 is 10.5 Å². The molecule has 1 aromatic heterocycles. The molecule has 0 aliphatic rings. The van der Waals surface area contributed by atoms with Crippen molar-refractivity contribution in [2.45, 2.75) is 0 Å². The Labute approximate surface area is 79.7 Å². The summed E-state index contributed by atoms with van der Waals surface area (Å²) in [6, 6.07) is 0. The van der Waals surface area contributed by atoms with Crippen LogP contribution in [0.2, 0.25) is 0 Å². The minimum Gasteiger partial charge on any atom is -0.465 e. The monoisotopic (exact) mass is 196 g/mol. The molecule has 4 nitrogen and oxygen atoms in total. The predicted octanol–water partition coefficient (Wildman–Crippen LogP) is 0.240. The van der Waals surface area contributed by atoms with Gasteiger partial charge in [0.2, 0.25) is 0 Å². The fourth-order valence-corrected chi connectivity index (χ4v) is 1.36. The van der Waals surface area contributed by atoms with Gasteiger partial charge >= 0.3 is 5.97 Å². The second-order valence-electron chi connectivity index (χ2n) is 2.03. The molecule has 0 amide bonds. The lowest BCUT2D eigenvalue weighted by molar-refractivity contribution is 0.0606. The summed E-state index contributed by atoms with van der Waals surface area (Å²) in [5.74, 6) is 4.99. The molecule has 0 aliphatic heterocycles.